The zero-order valence-corrected chi connectivity index (χ0v) is 23.4. The molecule has 0 saturated heterocycles. The molecule has 198 valence electrons. The van der Waals surface area contributed by atoms with Gasteiger partial charge in [-0.05, 0) is 38.5 Å². The van der Waals surface area contributed by atoms with Crippen molar-refractivity contribution in [3.8, 4) is 0 Å². The third kappa shape index (κ3) is 29.7. The van der Waals surface area contributed by atoms with E-state index in [2.05, 4.69) is 26.0 Å². The average molecular weight is 464 g/mol. The molecule has 0 radical (unpaired) electrons. The minimum atomic E-state index is 0.463. The van der Waals surface area contributed by atoms with Crippen LogP contribution in [0.1, 0.15) is 187 Å². The van der Waals surface area contributed by atoms with Crippen molar-refractivity contribution in [1.82, 2.24) is 0 Å². The summed E-state index contributed by atoms with van der Waals surface area (Å²) in [6.45, 7) is 4.58. The second-order valence-corrected chi connectivity index (χ2v) is 10.8. The van der Waals surface area contributed by atoms with Gasteiger partial charge in [0.1, 0.15) is 0 Å². The lowest BCUT2D eigenvalue weighted by Crippen LogP contribution is -2.19. The molecule has 0 heterocycles. The van der Waals surface area contributed by atoms with Crippen molar-refractivity contribution in [2.24, 2.45) is 5.73 Å². The van der Waals surface area contributed by atoms with Crippen molar-refractivity contribution in [2.75, 3.05) is 0 Å². The molecule has 0 aliphatic heterocycles. The first-order valence-corrected chi connectivity index (χ1v) is 15.7. The van der Waals surface area contributed by atoms with E-state index in [1.54, 1.807) is 0 Å². The van der Waals surface area contributed by atoms with Crippen LogP contribution < -0.4 is 5.73 Å². The molecule has 1 unspecified atom stereocenters. The van der Waals surface area contributed by atoms with E-state index in [9.17, 15) is 0 Å². The molecule has 0 fully saturated rings. The van der Waals surface area contributed by atoms with Gasteiger partial charge in [-0.2, -0.15) is 0 Å². The Hall–Kier alpha value is -0.300. The topological polar surface area (TPSA) is 26.0 Å². The molecular weight excluding hydrogens is 398 g/mol. The minimum absolute atomic E-state index is 0.463. The Morgan fingerprint density at radius 1 is 0.394 bits per heavy atom. The lowest BCUT2D eigenvalue weighted by atomic mass is 10.0. The lowest BCUT2D eigenvalue weighted by Gasteiger charge is -2.11. The maximum atomic E-state index is 6.33. The minimum Gasteiger partial charge on any atom is -0.328 e. The second kappa shape index (κ2) is 29.7. The Kier molecular flexibility index (Phi) is 29.5. The van der Waals surface area contributed by atoms with E-state index < -0.39 is 0 Å². The van der Waals surface area contributed by atoms with Gasteiger partial charge in [-0.3, -0.25) is 0 Å². The fourth-order valence-electron chi connectivity index (χ4n) is 4.87. The van der Waals surface area contributed by atoms with Crippen molar-refractivity contribution >= 4 is 0 Å². The van der Waals surface area contributed by atoms with Crippen LogP contribution in [0.3, 0.4) is 0 Å². The van der Waals surface area contributed by atoms with E-state index in [0.29, 0.717) is 6.04 Å². The van der Waals surface area contributed by atoms with Crippen molar-refractivity contribution in [3.63, 3.8) is 0 Å². The van der Waals surface area contributed by atoms with Crippen LogP contribution in [0.4, 0.5) is 0 Å². The summed E-state index contributed by atoms with van der Waals surface area (Å²) >= 11 is 0. The van der Waals surface area contributed by atoms with Gasteiger partial charge in [-0.15, -0.1) is 0 Å². The highest BCUT2D eigenvalue weighted by atomic mass is 14.6. The summed E-state index contributed by atoms with van der Waals surface area (Å²) in [6.07, 6.45) is 42.5. The summed E-state index contributed by atoms with van der Waals surface area (Å²) < 4.78 is 0. The summed E-state index contributed by atoms with van der Waals surface area (Å²) in [5, 5.41) is 0. The highest BCUT2D eigenvalue weighted by Crippen LogP contribution is 2.15. The molecule has 0 saturated carbocycles. The highest BCUT2D eigenvalue weighted by Gasteiger charge is 2.02. The standard InChI is InChI=1S/C32H65N/c1-3-5-7-9-11-13-14-15-16-17-18-19-20-21-22-23-25-27-29-31-32(33)30-28-26-24-12-10-8-6-4-2/h15-16,32H,3-14,17-31,33H2,1-2H3. The van der Waals surface area contributed by atoms with E-state index in [-0.39, 0.29) is 0 Å². The molecule has 1 atom stereocenters. The number of rotatable bonds is 28. The average Bonchev–Trinajstić information content (AvgIpc) is 2.82. The molecule has 1 heteroatoms. The smallest absolute Gasteiger partial charge is 0.00388 e. The first kappa shape index (κ1) is 32.7. The van der Waals surface area contributed by atoms with Crippen LogP contribution in [0.5, 0.6) is 0 Å². The molecule has 0 aliphatic carbocycles. The largest absolute Gasteiger partial charge is 0.328 e. The normalized spacial score (nSPS) is 12.7. The van der Waals surface area contributed by atoms with E-state index >= 15 is 0 Å². The maximum Gasteiger partial charge on any atom is 0.00388 e. The van der Waals surface area contributed by atoms with Crippen LogP contribution in [-0.2, 0) is 0 Å². The molecule has 0 aromatic rings. The van der Waals surface area contributed by atoms with E-state index in [1.165, 1.54) is 173 Å². The molecular formula is C32H65N. The first-order valence-electron chi connectivity index (χ1n) is 15.7. The SMILES string of the molecule is CCCCCCCCC=CCCCCCCCCCCCC(N)CCCCCCCCCC. The molecule has 0 aromatic heterocycles. The summed E-state index contributed by atoms with van der Waals surface area (Å²) in [5.41, 5.74) is 6.33. The van der Waals surface area contributed by atoms with Crippen LogP contribution in [0.2, 0.25) is 0 Å². The van der Waals surface area contributed by atoms with E-state index in [1.807, 2.05) is 0 Å². The summed E-state index contributed by atoms with van der Waals surface area (Å²) in [7, 11) is 0. The molecule has 2 N–H and O–H groups in total. The predicted molar refractivity (Wildman–Crippen MR) is 153 cm³/mol. The van der Waals surface area contributed by atoms with Crippen LogP contribution in [0.25, 0.3) is 0 Å². The molecule has 1 nitrogen and oxygen atoms in total. The van der Waals surface area contributed by atoms with E-state index in [0.717, 1.165) is 0 Å². The first-order chi connectivity index (χ1) is 16.3. The van der Waals surface area contributed by atoms with Crippen molar-refractivity contribution < 1.29 is 0 Å². The molecule has 0 bridgehead atoms. The van der Waals surface area contributed by atoms with Gasteiger partial charge >= 0.3 is 0 Å². The van der Waals surface area contributed by atoms with Gasteiger partial charge in [0.05, 0.1) is 0 Å². The van der Waals surface area contributed by atoms with Gasteiger partial charge in [-0.25, -0.2) is 0 Å². The van der Waals surface area contributed by atoms with Gasteiger partial charge < -0.3 is 5.73 Å². The van der Waals surface area contributed by atoms with Crippen LogP contribution in [0, 0.1) is 0 Å². The Labute approximate surface area is 211 Å². The second-order valence-electron chi connectivity index (χ2n) is 10.8. The molecule has 0 aliphatic rings. The summed E-state index contributed by atoms with van der Waals surface area (Å²) in [5.74, 6) is 0. The number of hydrogen-bond donors (Lipinski definition) is 1. The van der Waals surface area contributed by atoms with Crippen LogP contribution >= 0.6 is 0 Å². The maximum absolute atomic E-state index is 6.33. The molecule has 0 amide bonds. The van der Waals surface area contributed by atoms with Crippen molar-refractivity contribution in [2.45, 2.75) is 193 Å². The van der Waals surface area contributed by atoms with Crippen molar-refractivity contribution in [1.29, 1.82) is 0 Å². The number of hydrogen-bond acceptors (Lipinski definition) is 1. The number of nitrogens with two attached hydrogens (primary N) is 1. The third-order valence-electron chi connectivity index (χ3n) is 7.27. The number of allylic oxidation sites excluding steroid dienone is 2. The van der Waals surface area contributed by atoms with Crippen LogP contribution in [0.15, 0.2) is 12.2 Å². The fourth-order valence-corrected chi connectivity index (χ4v) is 4.87. The number of unbranched alkanes of at least 4 members (excludes halogenated alkanes) is 22. The van der Waals surface area contributed by atoms with Gasteiger partial charge in [-0.1, -0.05) is 161 Å². The van der Waals surface area contributed by atoms with Crippen LogP contribution in [-0.4, -0.2) is 6.04 Å². The van der Waals surface area contributed by atoms with Gasteiger partial charge in [0.2, 0.25) is 0 Å². The molecule has 0 rings (SSSR count). The quantitative estimate of drug-likeness (QED) is 0.0905. The molecule has 0 aromatic carbocycles. The zero-order valence-electron chi connectivity index (χ0n) is 23.4. The molecule has 0 spiro atoms. The van der Waals surface area contributed by atoms with Crippen molar-refractivity contribution in [3.05, 3.63) is 12.2 Å². The fraction of sp³-hybridized carbons (Fsp3) is 0.938. The van der Waals surface area contributed by atoms with Gasteiger partial charge in [0, 0.05) is 6.04 Å². The Balaban J connectivity index is 3.16. The lowest BCUT2D eigenvalue weighted by molar-refractivity contribution is 0.479. The summed E-state index contributed by atoms with van der Waals surface area (Å²) in [4.78, 5) is 0. The summed E-state index contributed by atoms with van der Waals surface area (Å²) in [6, 6.07) is 0.463. The van der Waals surface area contributed by atoms with E-state index in [4.69, 9.17) is 5.73 Å². The monoisotopic (exact) mass is 464 g/mol. The Morgan fingerprint density at radius 2 is 0.667 bits per heavy atom. The highest BCUT2D eigenvalue weighted by molar-refractivity contribution is 4.81. The van der Waals surface area contributed by atoms with Gasteiger partial charge in [0.15, 0.2) is 0 Å². The third-order valence-corrected chi connectivity index (χ3v) is 7.27. The Bertz CT molecular complexity index is 362. The van der Waals surface area contributed by atoms with Gasteiger partial charge in [0.25, 0.3) is 0 Å². The molecule has 33 heavy (non-hydrogen) atoms. The Morgan fingerprint density at radius 3 is 1.00 bits per heavy atom. The predicted octanol–water partition coefficient (Wildman–Crippen LogP) is 11.4. The zero-order chi connectivity index (χ0) is 24.1.